The van der Waals surface area contributed by atoms with Crippen LogP contribution in [-0.4, -0.2) is 36.3 Å². The quantitative estimate of drug-likeness (QED) is 0.621. The molecule has 0 bridgehead atoms. The lowest BCUT2D eigenvalue weighted by Gasteiger charge is -2.08. The smallest absolute Gasteiger partial charge is 0.332 e. The lowest BCUT2D eigenvalue weighted by Crippen LogP contribution is -2.22. The Labute approximate surface area is 71.1 Å². The summed E-state index contributed by atoms with van der Waals surface area (Å²) in [6.07, 6.45) is 2.88. The van der Waals surface area contributed by atoms with Crippen LogP contribution in [0.5, 0.6) is 0 Å². The van der Waals surface area contributed by atoms with Crippen LogP contribution in [0.25, 0.3) is 0 Å². The Morgan fingerprint density at radius 2 is 2.36 bits per heavy atom. The molecule has 1 atom stereocenters. The third-order valence-corrected chi connectivity index (χ3v) is 2.07. The van der Waals surface area contributed by atoms with Gasteiger partial charge in [-0.2, -0.15) is 11.8 Å². The zero-order valence-electron chi connectivity index (χ0n) is 6.87. The molecule has 0 spiro atoms. The minimum atomic E-state index is -0.867. The van der Waals surface area contributed by atoms with Crippen LogP contribution < -0.4 is 0 Å². The molecule has 0 aliphatic heterocycles. The van der Waals surface area contributed by atoms with Crippen LogP contribution >= 0.6 is 11.8 Å². The molecule has 3 nitrogen and oxygen atoms in total. The summed E-state index contributed by atoms with van der Waals surface area (Å²) in [7, 11) is 1.43. The first-order valence-corrected chi connectivity index (χ1v) is 4.86. The molecule has 0 aliphatic carbocycles. The Morgan fingerprint density at radius 3 is 2.73 bits per heavy atom. The number of methoxy groups -OCH3 is 1. The van der Waals surface area contributed by atoms with Crippen molar-refractivity contribution in [3.8, 4) is 0 Å². The van der Waals surface area contributed by atoms with Crippen LogP contribution in [0.1, 0.15) is 12.8 Å². The van der Waals surface area contributed by atoms with E-state index in [0.29, 0.717) is 6.42 Å². The second-order valence-corrected chi connectivity index (χ2v) is 3.18. The van der Waals surface area contributed by atoms with Crippen molar-refractivity contribution >= 4 is 17.7 Å². The van der Waals surface area contributed by atoms with Crippen molar-refractivity contribution in [3.63, 3.8) is 0 Å². The Bertz CT molecular complexity index is 116. The first-order chi connectivity index (χ1) is 5.22. The van der Waals surface area contributed by atoms with E-state index in [1.807, 2.05) is 6.26 Å². The van der Waals surface area contributed by atoms with Gasteiger partial charge in [0, 0.05) is 7.11 Å². The SMILES string of the molecule is COC(CCCSC)C(=O)O. The summed E-state index contributed by atoms with van der Waals surface area (Å²) in [5, 5.41) is 8.54. The van der Waals surface area contributed by atoms with Gasteiger partial charge in [-0.1, -0.05) is 0 Å². The van der Waals surface area contributed by atoms with Crippen molar-refractivity contribution in [2.45, 2.75) is 18.9 Å². The second-order valence-electron chi connectivity index (χ2n) is 2.20. The van der Waals surface area contributed by atoms with Crippen LogP contribution in [0, 0.1) is 0 Å². The molecule has 1 unspecified atom stereocenters. The molecule has 0 radical (unpaired) electrons. The van der Waals surface area contributed by atoms with E-state index in [0.717, 1.165) is 12.2 Å². The number of carboxylic acid groups (broad SMARTS) is 1. The van der Waals surface area contributed by atoms with Crippen LogP contribution in [0.2, 0.25) is 0 Å². The van der Waals surface area contributed by atoms with Crippen molar-refractivity contribution in [3.05, 3.63) is 0 Å². The Balaban J connectivity index is 3.44. The zero-order valence-corrected chi connectivity index (χ0v) is 7.69. The van der Waals surface area contributed by atoms with Gasteiger partial charge in [-0.25, -0.2) is 4.79 Å². The van der Waals surface area contributed by atoms with Crippen LogP contribution in [-0.2, 0) is 9.53 Å². The fourth-order valence-electron chi connectivity index (χ4n) is 0.755. The van der Waals surface area contributed by atoms with Crippen molar-refractivity contribution < 1.29 is 14.6 Å². The highest BCUT2D eigenvalue weighted by Gasteiger charge is 2.14. The summed E-state index contributed by atoms with van der Waals surface area (Å²) < 4.78 is 4.75. The number of thioether (sulfide) groups is 1. The van der Waals surface area contributed by atoms with Gasteiger partial charge in [0.05, 0.1) is 0 Å². The largest absolute Gasteiger partial charge is 0.479 e. The van der Waals surface area contributed by atoms with E-state index in [4.69, 9.17) is 9.84 Å². The molecular formula is C7H14O3S. The van der Waals surface area contributed by atoms with Crippen LogP contribution in [0.4, 0.5) is 0 Å². The minimum absolute atomic E-state index is 0.604. The third kappa shape index (κ3) is 5.09. The molecular weight excluding hydrogens is 164 g/mol. The van der Waals surface area contributed by atoms with Gasteiger partial charge < -0.3 is 9.84 Å². The molecule has 0 saturated carbocycles. The first-order valence-electron chi connectivity index (χ1n) is 3.47. The highest BCUT2D eigenvalue weighted by molar-refractivity contribution is 7.98. The van der Waals surface area contributed by atoms with Crippen molar-refractivity contribution in [2.75, 3.05) is 19.1 Å². The fraction of sp³-hybridized carbons (Fsp3) is 0.857. The van der Waals surface area contributed by atoms with Gasteiger partial charge in [-0.05, 0) is 24.9 Å². The van der Waals surface area contributed by atoms with Crippen LogP contribution in [0.3, 0.4) is 0 Å². The first kappa shape index (κ1) is 10.8. The molecule has 0 aromatic heterocycles. The topological polar surface area (TPSA) is 46.5 Å². The molecule has 0 aromatic rings. The summed E-state index contributed by atoms with van der Waals surface area (Å²) in [5.41, 5.74) is 0. The Kier molecular flexibility index (Phi) is 6.36. The fourth-order valence-corrected chi connectivity index (χ4v) is 1.21. The molecule has 0 aromatic carbocycles. The van der Waals surface area contributed by atoms with Crippen molar-refractivity contribution in [2.24, 2.45) is 0 Å². The number of aliphatic carboxylic acids is 1. The Hall–Kier alpha value is -0.220. The van der Waals surface area contributed by atoms with Gasteiger partial charge >= 0.3 is 5.97 Å². The molecule has 1 N–H and O–H groups in total. The molecule has 0 aliphatic rings. The van der Waals surface area contributed by atoms with Gasteiger partial charge in [0.25, 0.3) is 0 Å². The summed E-state index contributed by atoms with van der Waals surface area (Å²) >= 11 is 1.72. The molecule has 11 heavy (non-hydrogen) atoms. The van der Waals surface area contributed by atoms with Crippen LogP contribution in [0.15, 0.2) is 0 Å². The van der Waals surface area contributed by atoms with E-state index in [-0.39, 0.29) is 0 Å². The average molecular weight is 178 g/mol. The highest BCUT2D eigenvalue weighted by Crippen LogP contribution is 2.05. The van der Waals surface area contributed by atoms with E-state index in [2.05, 4.69) is 0 Å². The molecule has 0 saturated heterocycles. The normalized spacial score (nSPS) is 12.9. The summed E-state index contributed by atoms with van der Waals surface area (Å²) in [6.45, 7) is 0. The maximum atomic E-state index is 10.4. The summed E-state index contributed by atoms with van der Waals surface area (Å²) in [5.74, 6) is 0.126. The number of hydrogen-bond acceptors (Lipinski definition) is 3. The van der Waals surface area contributed by atoms with E-state index in [1.165, 1.54) is 7.11 Å². The lowest BCUT2D eigenvalue weighted by atomic mass is 10.2. The van der Waals surface area contributed by atoms with Gasteiger partial charge in [0.2, 0.25) is 0 Å². The number of rotatable bonds is 6. The number of carbonyl (C=O) groups is 1. The number of hydrogen-bond donors (Lipinski definition) is 1. The molecule has 0 heterocycles. The van der Waals surface area contributed by atoms with Gasteiger partial charge in [0.1, 0.15) is 0 Å². The maximum Gasteiger partial charge on any atom is 0.332 e. The van der Waals surface area contributed by atoms with Gasteiger partial charge in [-0.15, -0.1) is 0 Å². The number of ether oxygens (including phenoxy) is 1. The van der Waals surface area contributed by atoms with Crippen molar-refractivity contribution in [1.82, 2.24) is 0 Å². The summed E-state index contributed by atoms with van der Waals surface area (Å²) in [4.78, 5) is 10.4. The van der Waals surface area contributed by atoms with E-state index < -0.39 is 12.1 Å². The highest BCUT2D eigenvalue weighted by atomic mass is 32.2. The predicted molar refractivity (Wildman–Crippen MR) is 46.0 cm³/mol. The standard InChI is InChI=1S/C7H14O3S/c1-10-6(7(8)9)4-3-5-11-2/h6H,3-5H2,1-2H3,(H,8,9). The zero-order chi connectivity index (χ0) is 8.69. The van der Waals surface area contributed by atoms with E-state index in [1.54, 1.807) is 11.8 Å². The maximum absolute atomic E-state index is 10.4. The number of carboxylic acids is 1. The molecule has 0 amide bonds. The molecule has 0 rings (SSSR count). The summed E-state index contributed by atoms with van der Waals surface area (Å²) in [6, 6.07) is 0. The second kappa shape index (κ2) is 6.49. The Morgan fingerprint density at radius 1 is 1.73 bits per heavy atom. The lowest BCUT2D eigenvalue weighted by molar-refractivity contribution is -0.148. The third-order valence-electron chi connectivity index (χ3n) is 1.37. The predicted octanol–water partition coefficient (Wildman–Crippen LogP) is 1.23. The molecule has 66 valence electrons. The molecule has 4 heteroatoms. The van der Waals surface area contributed by atoms with Crippen molar-refractivity contribution in [1.29, 1.82) is 0 Å². The monoisotopic (exact) mass is 178 g/mol. The average Bonchev–Trinajstić information content (AvgIpc) is 1.97. The van der Waals surface area contributed by atoms with Gasteiger partial charge in [-0.3, -0.25) is 0 Å². The van der Waals surface area contributed by atoms with E-state index >= 15 is 0 Å². The molecule has 0 fully saturated rings. The minimum Gasteiger partial charge on any atom is -0.479 e. The van der Waals surface area contributed by atoms with E-state index in [9.17, 15) is 4.79 Å². The van der Waals surface area contributed by atoms with Gasteiger partial charge in [0.15, 0.2) is 6.10 Å².